The van der Waals surface area contributed by atoms with E-state index in [1.54, 1.807) is 31.5 Å². The fourth-order valence-electron chi connectivity index (χ4n) is 4.50. The van der Waals surface area contributed by atoms with E-state index < -0.39 is 0 Å². The van der Waals surface area contributed by atoms with Gasteiger partial charge in [0.1, 0.15) is 11.6 Å². The van der Waals surface area contributed by atoms with Gasteiger partial charge in [-0.25, -0.2) is 14.5 Å². The van der Waals surface area contributed by atoms with Crippen molar-refractivity contribution in [1.82, 2.24) is 14.6 Å². The van der Waals surface area contributed by atoms with Crippen LogP contribution >= 0.6 is 0 Å². The second kappa shape index (κ2) is 9.87. The van der Waals surface area contributed by atoms with Crippen molar-refractivity contribution in [2.24, 2.45) is 10.7 Å². The average Bonchev–Trinajstić information content (AvgIpc) is 3.55. The normalized spacial score (nSPS) is 16.0. The van der Waals surface area contributed by atoms with Crippen molar-refractivity contribution in [2.45, 2.75) is 32.7 Å². The van der Waals surface area contributed by atoms with Crippen molar-refractivity contribution in [3.63, 3.8) is 0 Å². The zero-order valence-electron chi connectivity index (χ0n) is 20.7. The minimum Gasteiger partial charge on any atom is -0.508 e. The van der Waals surface area contributed by atoms with Crippen LogP contribution in [0.15, 0.2) is 53.9 Å². The molecule has 4 N–H and O–H groups in total. The van der Waals surface area contributed by atoms with E-state index in [0.29, 0.717) is 30.5 Å². The Morgan fingerprint density at radius 3 is 2.89 bits per heavy atom. The van der Waals surface area contributed by atoms with Gasteiger partial charge >= 0.3 is 0 Å². The van der Waals surface area contributed by atoms with Crippen LogP contribution in [0.1, 0.15) is 30.0 Å². The molecular weight excluding hydrogens is 456 g/mol. The minimum absolute atomic E-state index is 0.158. The van der Waals surface area contributed by atoms with E-state index in [1.807, 2.05) is 36.8 Å². The van der Waals surface area contributed by atoms with Crippen LogP contribution in [0.4, 0.5) is 11.4 Å². The molecule has 1 fully saturated rings. The first-order valence-electron chi connectivity index (χ1n) is 12.0. The molecule has 0 spiro atoms. The molecule has 0 amide bonds. The lowest BCUT2D eigenvalue weighted by Gasteiger charge is -2.17. The third-order valence-corrected chi connectivity index (χ3v) is 6.48. The summed E-state index contributed by atoms with van der Waals surface area (Å²) < 4.78 is 12.7. The van der Waals surface area contributed by atoms with E-state index in [1.165, 1.54) is 0 Å². The number of rotatable bonds is 7. The molecule has 5 rings (SSSR count). The fraction of sp³-hybridized carbons (Fsp3) is 0.296. The Labute approximate surface area is 209 Å². The van der Waals surface area contributed by atoms with E-state index in [4.69, 9.17) is 20.2 Å². The van der Waals surface area contributed by atoms with Crippen molar-refractivity contribution < 1.29 is 14.6 Å². The summed E-state index contributed by atoms with van der Waals surface area (Å²) >= 11 is 0. The van der Waals surface area contributed by atoms with Gasteiger partial charge in [-0.1, -0.05) is 6.92 Å². The summed E-state index contributed by atoms with van der Waals surface area (Å²) in [5.74, 6) is 1.13. The highest BCUT2D eigenvalue weighted by atomic mass is 16.5. The molecule has 9 heteroatoms. The molecule has 186 valence electrons. The number of nitrogens with zero attached hydrogens (tertiary/aromatic N) is 4. The number of amidine groups is 1. The number of ether oxygens (including phenoxy) is 2. The quantitative estimate of drug-likeness (QED) is 0.264. The number of nitrogens with one attached hydrogen (secondary N) is 1. The number of phenolic OH excluding ortho intramolecular Hbond substituents is 1. The molecule has 1 aliphatic rings. The zero-order valence-corrected chi connectivity index (χ0v) is 20.7. The molecule has 3 aromatic heterocycles. The third kappa shape index (κ3) is 4.57. The summed E-state index contributed by atoms with van der Waals surface area (Å²) in [5, 5.41) is 18.1. The lowest BCUT2D eigenvalue weighted by Crippen LogP contribution is -2.24. The number of hydrogen-bond acceptors (Lipinski definition) is 7. The lowest BCUT2D eigenvalue weighted by molar-refractivity contribution is 0.195. The molecule has 4 aromatic rings. The van der Waals surface area contributed by atoms with Gasteiger partial charge in [0.25, 0.3) is 0 Å². The molecule has 1 aromatic carbocycles. The number of nitrogens with two attached hydrogens (primary N) is 1. The summed E-state index contributed by atoms with van der Waals surface area (Å²) in [5.41, 5.74) is 13.7. The van der Waals surface area contributed by atoms with Crippen LogP contribution in [-0.4, -0.2) is 51.9 Å². The number of aromatic nitrogens is 3. The highest BCUT2D eigenvalue weighted by Crippen LogP contribution is 2.32. The van der Waals surface area contributed by atoms with Gasteiger partial charge < -0.3 is 25.6 Å². The van der Waals surface area contributed by atoms with Crippen LogP contribution in [0.25, 0.3) is 16.6 Å². The Morgan fingerprint density at radius 2 is 2.17 bits per heavy atom. The van der Waals surface area contributed by atoms with Crippen molar-refractivity contribution in [3.8, 4) is 22.8 Å². The van der Waals surface area contributed by atoms with E-state index in [-0.39, 0.29) is 11.8 Å². The molecule has 0 unspecified atom stereocenters. The number of fused-ring (bicyclic) bond motifs is 1. The average molecular weight is 487 g/mol. The van der Waals surface area contributed by atoms with Gasteiger partial charge in [-0.15, -0.1) is 0 Å². The van der Waals surface area contributed by atoms with Gasteiger partial charge in [0, 0.05) is 36.2 Å². The van der Waals surface area contributed by atoms with Crippen molar-refractivity contribution >= 4 is 22.7 Å². The van der Waals surface area contributed by atoms with E-state index in [0.717, 1.165) is 52.0 Å². The molecule has 0 radical (unpaired) electrons. The monoisotopic (exact) mass is 486 g/mol. The Hall–Kier alpha value is -4.11. The Kier molecular flexibility index (Phi) is 6.47. The predicted molar refractivity (Wildman–Crippen MR) is 140 cm³/mol. The van der Waals surface area contributed by atoms with Gasteiger partial charge in [0.2, 0.25) is 5.88 Å². The number of pyridine rings is 1. The number of anilines is 1. The number of aromatic hydroxyl groups is 1. The van der Waals surface area contributed by atoms with Gasteiger partial charge in [0.05, 0.1) is 48.4 Å². The largest absolute Gasteiger partial charge is 0.508 e. The molecule has 0 aliphatic carbocycles. The maximum Gasteiger partial charge on any atom is 0.213 e. The highest BCUT2D eigenvalue weighted by Gasteiger charge is 2.21. The Bertz CT molecular complexity index is 1440. The van der Waals surface area contributed by atoms with Gasteiger partial charge in [-0.2, -0.15) is 5.10 Å². The summed E-state index contributed by atoms with van der Waals surface area (Å²) in [6.07, 6.45) is 7.15. The van der Waals surface area contributed by atoms with Crippen molar-refractivity contribution in [2.75, 3.05) is 25.6 Å². The molecule has 1 atom stereocenters. The first-order valence-corrected chi connectivity index (χ1v) is 12.0. The molecule has 0 bridgehead atoms. The standard InChI is InChI=1S/C27H30N6O3/c1-4-17-10-20(34)5-6-23(17)32-27(28)22-13-30-33-14-18(21-12-29-25(35-3)9-16(21)2)11-24(33)26(22)31-19-7-8-36-15-19/h5-6,9-14,19,31,34H,4,7-8,15H2,1-3H3,(H2,28,32)/t19-/m1/s1. The number of aryl methyl sites for hydroxylation is 2. The Balaban J connectivity index is 1.62. The van der Waals surface area contributed by atoms with Gasteiger partial charge in [-0.3, -0.25) is 0 Å². The van der Waals surface area contributed by atoms with Crippen LogP contribution < -0.4 is 15.8 Å². The number of benzene rings is 1. The number of phenols is 1. The molecular formula is C27H30N6O3. The van der Waals surface area contributed by atoms with E-state index in [2.05, 4.69) is 21.5 Å². The molecule has 9 nitrogen and oxygen atoms in total. The zero-order chi connectivity index (χ0) is 25.2. The van der Waals surface area contributed by atoms with Crippen molar-refractivity contribution in [1.29, 1.82) is 0 Å². The van der Waals surface area contributed by atoms with Gasteiger partial charge in [-0.05, 0) is 55.2 Å². The second-order valence-corrected chi connectivity index (χ2v) is 8.90. The smallest absolute Gasteiger partial charge is 0.213 e. The van der Waals surface area contributed by atoms with Crippen LogP contribution in [0.5, 0.6) is 11.6 Å². The van der Waals surface area contributed by atoms with Gasteiger partial charge in [0.15, 0.2) is 0 Å². The number of hydrogen-bond donors (Lipinski definition) is 3. The molecule has 4 heterocycles. The first-order chi connectivity index (χ1) is 17.5. The maximum atomic E-state index is 9.86. The molecule has 0 saturated carbocycles. The second-order valence-electron chi connectivity index (χ2n) is 8.90. The SMILES string of the molecule is CCc1cc(O)ccc1/N=C(\N)c1cnn2cc(-c3cnc(OC)cc3C)cc2c1N[C@@H]1CCOC1. The Morgan fingerprint density at radius 1 is 1.31 bits per heavy atom. The molecule has 1 saturated heterocycles. The number of aliphatic imine (C=N–C) groups is 1. The van der Waals surface area contributed by atoms with Crippen LogP contribution in [-0.2, 0) is 11.2 Å². The van der Waals surface area contributed by atoms with E-state index in [9.17, 15) is 5.11 Å². The number of methoxy groups -OCH3 is 1. The molecule has 1 aliphatic heterocycles. The van der Waals surface area contributed by atoms with Crippen LogP contribution in [0, 0.1) is 6.92 Å². The first kappa shape index (κ1) is 23.6. The summed E-state index contributed by atoms with van der Waals surface area (Å²) in [4.78, 5) is 9.10. The minimum atomic E-state index is 0.158. The summed E-state index contributed by atoms with van der Waals surface area (Å²) in [7, 11) is 1.61. The highest BCUT2D eigenvalue weighted by molar-refractivity contribution is 6.06. The van der Waals surface area contributed by atoms with E-state index >= 15 is 0 Å². The topological polar surface area (TPSA) is 119 Å². The van der Waals surface area contributed by atoms with Crippen LogP contribution in [0.2, 0.25) is 0 Å². The molecule has 36 heavy (non-hydrogen) atoms. The fourth-order valence-corrected chi connectivity index (χ4v) is 4.50. The summed E-state index contributed by atoms with van der Waals surface area (Å²) in [6, 6.07) is 9.26. The third-order valence-electron chi connectivity index (χ3n) is 6.48. The summed E-state index contributed by atoms with van der Waals surface area (Å²) in [6.45, 7) is 5.39. The predicted octanol–water partition coefficient (Wildman–Crippen LogP) is 4.22. The van der Waals surface area contributed by atoms with Crippen LogP contribution in [0.3, 0.4) is 0 Å². The maximum absolute atomic E-state index is 9.86. The van der Waals surface area contributed by atoms with Crippen molar-refractivity contribution in [3.05, 3.63) is 65.6 Å². The lowest BCUT2D eigenvalue weighted by atomic mass is 10.1.